The van der Waals surface area contributed by atoms with Crippen LogP contribution < -0.4 is 0 Å². The van der Waals surface area contributed by atoms with Crippen molar-refractivity contribution in [2.45, 2.75) is 14.9 Å². The molecule has 0 aromatic rings. The van der Waals surface area contributed by atoms with Crippen LogP contribution in [0.1, 0.15) is 0 Å². The normalized spacial score (nSPS) is 23.3. The Kier molecular flexibility index (Phi) is 4.45. The number of ether oxygens (including phenoxy) is 1. The summed E-state index contributed by atoms with van der Waals surface area (Å²) in [6.07, 6.45) is -0.931. The highest BCUT2D eigenvalue weighted by Gasteiger charge is 2.44. The number of carbonyl (C=O) groups is 1. The molecule has 1 unspecified atom stereocenters. The fraction of sp³-hybridized carbons (Fsp3) is 0.833. The number of hydrogen-bond acceptors (Lipinski definition) is 2. The van der Waals surface area contributed by atoms with Gasteiger partial charge in [-0.1, -0.05) is 58.0 Å². The Balaban J connectivity index is 2.74. The van der Waals surface area contributed by atoms with E-state index in [1.54, 1.807) is 0 Å². The third kappa shape index (κ3) is 2.94. The number of alkyl halides is 5. The van der Waals surface area contributed by atoms with Gasteiger partial charge in [-0.05, 0) is 0 Å². The van der Waals surface area contributed by atoms with Gasteiger partial charge in [0.05, 0.1) is 6.61 Å². The summed E-state index contributed by atoms with van der Waals surface area (Å²) in [5, 5.41) is 0. The zero-order chi connectivity index (χ0) is 10.9. The highest BCUT2D eigenvalue weighted by Crippen LogP contribution is 2.36. The predicted octanol–water partition coefficient (Wildman–Crippen LogP) is 2.35. The van der Waals surface area contributed by atoms with E-state index in [0.717, 1.165) is 0 Å². The van der Waals surface area contributed by atoms with Gasteiger partial charge < -0.3 is 9.64 Å². The van der Waals surface area contributed by atoms with Crippen molar-refractivity contribution in [1.29, 1.82) is 0 Å². The third-order valence-electron chi connectivity index (χ3n) is 1.64. The Labute approximate surface area is 106 Å². The molecule has 1 heterocycles. The van der Waals surface area contributed by atoms with Crippen molar-refractivity contribution in [3.05, 3.63) is 0 Å². The Morgan fingerprint density at radius 3 is 2.43 bits per heavy atom. The summed E-state index contributed by atoms with van der Waals surface area (Å²) in [5.41, 5.74) is 0. The lowest BCUT2D eigenvalue weighted by Gasteiger charge is -2.28. The first-order chi connectivity index (χ1) is 6.34. The van der Waals surface area contributed by atoms with E-state index in [1.807, 2.05) is 0 Å². The number of hydrogen-bond donors (Lipinski definition) is 0. The molecule has 0 N–H and O–H groups in total. The summed E-state index contributed by atoms with van der Waals surface area (Å²) < 4.78 is 3.39. The summed E-state index contributed by atoms with van der Waals surface area (Å²) in [5.74, 6) is -0.526. The number of nitrogens with zero attached hydrogens (tertiary/aromatic N) is 1. The summed E-state index contributed by atoms with van der Waals surface area (Å²) in [4.78, 5) is 11.4. The lowest BCUT2D eigenvalue weighted by molar-refractivity contribution is -0.133. The maximum Gasteiger partial charge on any atom is 0.258 e. The highest BCUT2D eigenvalue weighted by molar-refractivity contribution is 6.68. The van der Waals surface area contributed by atoms with Gasteiger partial charge in [-0.25, -0.2) is 0 Å². The monoisotopic (exact) mass is 299 g/mol. The first-order valence-corrected chi connectivity index (χ1v) is 5.61. The average Bonchev–Trinajstić information content (AvgIpc) is 2.48. The van der Waals surface area contributed by atoms with Crippen LogP contribution in [0.2, 0.25) is 0 Å². The first kappa shape index (κ1) is 12.9. The molecule has 0 aliphatic carbocycles. The molecular formula is C6H6Cl5NO2. The number of amides is 1. The molecule has 1 fully saturated rings. The molecule has 14 heavy (non-hydrogen) atoms. The molecule has 1 aliphatic heterocycles. The van der Waals surface area contributed by atoms with E-state index in [1.165, 1.54) is 4.90 Å². The van der Waals surface area contributed by atoms with Gasteiger partial charge in [-0.3, -0.25) is 4.79 Å². The molecule has 0 bridgehead atoms. The topological polar surface area (TPSA) is 29.5 Å². The second-order valence-electron chi connectivity index (χ2n) is 2.60. The summed E-state index contributed by atoms with van der Waals surface area (Å²) >= 11 is 27.7. The van der Waals surface area contributed by atoms with Gasteiger partial charge in [0.2, 0.25) is 3.79 Å². The van der Waals surface area contributed by atoms with Crippen LogP contribution in [0.5, 0.6) is 0 Å². The van der Waals surface area contributed by atoms with E-state index in [0.29, 0.717) is 13.2 Å². The smallest absolute Gasteiger partial charge is 0.258 e. The van der Waals surface area contributed by atoms with Gasteiger partial charge >= 0.3 is 0 Å². The van der Waals surface area contributed by atoms with Crippen molar-refractivity contribution >= 4 is 63.9 Å². The first-order valence-electron chi connectivity index (χ1n) is 3.61. The van der Waals surface area contributed by atoms with Crippen molar-refractivity contribution in [2.75, 3.05) is 13.2 Å². The van der Waals surface area contributed by atoms with E-state index >= 15 is 0 Å². The van der Waals surface area contributed by atoms with Crippen LogP contribution in [0.4, 0.5) is 0 Å². The number of rotatable bonds is 1. The van der Waals surface area contributed by atoms with Crippen LogP contribution in [0.15, 0.2) is 0 Å². The Hall–Kier alpha value is 0.880. The van der Waals surface area contributed by atoms with Crippen molar-refractivity contribution < 1.29 is 9.53 Å². The molecular weight excluding hydrogens is 295 g/mol. The van der Waals surface area contributed by atoms with Crippen LogP contribution in [-0.4, -0.2) is 38.8 Å². The van der Waals surface area contributed by atoms with E-state index in [-0.39, 0.29) is 0 Å². The van der Waals surface area contributed by atoms with Crippen LogP contribution in [0.25, 0.3) is 0 Å². The van der Waals surface area contributed by atoms with Crippen molar-refractivity contribution in [3.8, 4) is 0 Å². The van der Waals surface area contributed by atoms with Gasteiger partial charge in [-0.15, -0.1) is 0 Å². The molecule has 1 rings (SSSR count). The second kappa shape index (κ2) is 4.81. The highest BCUT2D eigenvalue weighted by atomic mass is 35.6. The standard InChI is InChI=1S/C6H6Cl5NO2/c7-3(8)4(13)12-1-2-14-5(12)6(9,10)11/h3,5H,1-2H2. The van der Waals surface area contributed by atoms with E-state index in [9.17, 15) is 4.79 Å². The van der Waals surface area contributed by atoms with Crippen LogP contribution in [-0.2, 0) is 9.53 Å². The molecule has 8 heteroatoms. The van der Waals surface area contributed by atoms with E-state index < -0.39 is 20.8 Å². The summed E-state index contributed by atoms with van der Waals surface area (Å²) in [7, 11) is 0. The van der Waals surface area contributed by atoms with Crippen molar-refractivity contribution in [2.24, 2.45) is 0 Å². The molecule has 0 spiro atoms. The Morgan fingerprint density at radius 1 is 1.43 bits per heavy atom. The number of halogens is 5. The summed E-state index contributed by atoms with van der Waals surface area (Å²) in [6.45, 7) is 0.609. The van der Waals surface area contributed by atoms with Gasteiger partial charge in [0.1, 0.15) is 0 Å². The Bertz CT molecular complexity index is 229. The van der Waals surface area contributed by atoms with E-state index in [4.69, 9.17) is 62.7 Å². The van der Waals surface area contributed by atoms with Crippen LogP contribution in [0.3, 0.4) is 0 Å². The lowest BCUT2D eigenvalue weighted by Crippen LogP contribution is -2.45. The van der Waals surface area contributed by atoms with Crippen molar-refractivity contribution in [1.82, 2.24) is 4.90 Å². The second-order valence-corrected chi connectivity index (χ2v) is 6.06. The maximum absolute atomic E-state index is 11.4. The van der Waals surface area contributed by atoms with Crippen LogP contribution >= 0.6 is 58.0 Å². The quantitative estimate of drug-likeness (QED) is 0.696. The molecule has 0 aromatic carbocycles. The van der Waals surface area contributed by atoms with Gasteiger partial charge in [0.15, 0.2) is 11.1 Å². The molecule has 1 saturated heterocycles. The van der Waals surface area contributed by atoms with Crippen molar-refractivity contribution in [3.63, 3.8) is 0 Å². The van der Waals surface area contributed by atoms with E-state index in [2.05, 4.69) is 0 Å². The molecule has 0 radical (unpaired) electrons. The average molecular weight is 301 g/mol. The predicted molar refractivity (Wildman–Crippen MR) is 57.2 cm³/mol. The minimum atomic E-state index is -1.70. The molecule has 0 saturated carbocycles. The lowest BCUT2D eigenvalue weighted by atomic mass is 10.5. The largest absolute Gasteiger partial charge is 0.352 e. The molecule has 82 valence electrons. The van der Waals surface area contributed by atoms with Gasteiger partial charge in [0.25, 0.3) is 5.91 Å². The fourth-order valence-corrected chi connectivity index (χ4v) is 1.89. The zero-order valence-electron chi connectivity index (χ0n) is 6.72. The number of carbonyl (C=O) groups excluding carboxylic acids is 1. The molecule has 0 aromatic heterocycles. The van der Waals surface area contributed by atoms with Gasteiger partial charge in [0, 0.05) is 6.54 Å². The summed E-state index contributed by atoms with van der Waals surface area (Å²) in [6, 6.07) is 0. The fourth-order valence-electron chi connectivity index (χ4n) is 1.09. The molecule has 1 aliphatic rings. The maximum atomic E-state index is 11.4. The molecule has 1 atom stereocenters. The third-order valence-corrected chi connectivity index (χ3v) is 2.57. The SMILES string of the molecule is O=C(C(Cl)Cl)N1CCOC1C(Cl)(Cl)Cl. The molecule has 3 nitrogen and oxygen atoms in total. The minimum Gasteiger partial charge on any atom is -0.352 e. The minimum absolute atomic E-state index is 0.296. The zero-order valence-corrected chi connectivity index (χ0v) is 10.5. The van der Waals surface area contributed by atoms with Crippen LogP contribution in [0, 0.1) is 0 Å². The van der Waals surface area contributed by atoms with Gasteiger partial charge in [-0.2, -0.15) is 0 Å². The Morgan fingerprint density at radius 2 is 2.00 bits per heavy atom. The molecule has 1 amide bonds.